The second-order valence-electron chi connectivity index (χ2n) is 8.92. The molecule has 3 saturated heterocycles. The van der Waals surface area contributed by atoms with E-state index < -0.39 is 5.41 Å². The molecule has 6 heteroatoms. The lowest BCUT2D eigenvalue weighted by Gasteiger charge is -2.51. The van der Waals surface area contributed by atoms with Gasteiger partial charge in [0.15, 0.2) is 6.10 Å². The van der Waals surface area contributed by atoms with Crippen molar-refractivity contribution in [3.05, 3.63) is 57.2 Å². The summed E-state index contributed by atoms with van der Waals surface area (Å²) < 4.78 is 6.78. The first-order chi connectivity index (χ1) is 13.8. The number of ketones is 1. The Hall–Kier alpha value is -1.69. The second kappa shape index (κ2) is 7.86. The molecule has 0 N–H and O–H groups in total. The molecule has 4 heterocycles. The summed E-state index contributed by atoms with van der Waals surface area (Å²) in [6.07, 6.45) is 1.87. The molecule has 2 aromatic rings. The van der Waals surface area contributed by atoms with Crippen LogP contribution in [0, 0.1) is 5.92 Å². The molecule has 1 aromatic carbocycles. The van der Waals surface area contributed by atoms with E-state index in [9.17, 15) is 9.59 Å². The zero-order valence-corrected chi connectivity index (χ0v) is 18.5. The number of rotatable bonds is 6. The number of esters is 1. The number of quaternary nitrogens is 1. The van der Waals surface area contributed by atoms with Crippen molar-refractivity contribution in [1.29, 1.82) is 0 Å². The minimum atomic E-state index is -0.696. The van der Waals surface area contributed by atoms with E-state index in [0.29, 0.717) is 26.8 Å². The first kappa shape index (κ1) is 20.6. The summed E-state index contributed by atoms with van der Waals surface area (Å²) in [5, 5.41) is 2.39. The molecule has 2 bridgehead atoms. The molecule has 0 spiro atoms. The fraction of sp³-hybridized carbons (Fsp3) is 0.478. The van der Waals surface area contributed by atoms with Gasteiger partial charge in [-0.15, -0.1) is 11.3 Å². The van der Waals surface area contributed by atoms with Crippen LogP contribution in [0.1, 0.15) is 41.9 Å². The molecule has 0 saturated carbocycles. The number of piperidine rings is 3. The van der Waals surface area contributed by atoms with Gasteiger partial charge >= 0.3 is 5.97 Å². The molecule has 5 rings (SSSR count). The Morgan fingerprint density at radius 1 is 1.17 bits per heavy atom. The second-order valence-corrected chi connectivity index (χ2v) is 10.2. The van der Waals surface area contributed by atoms with Crippen LogP contribution < -0.4 is 0 Å². The smallest absolute Gasteiger partial charge is 0.316 e. The lowest BCUT2D eigenvalue weighted by Crippen LogP contribution is -2.66. The number of halogens is 1. The van der Waals surface area contributed by atoms with Gasteiger partial charge in [0.1, 0.15) is 13.1 Å². The normalized spacial score (nSPS) is 26.3. The number of nitrogens with zero attached hydrogens (tertiary/aromatic N) is 1. The molecule has 29 heavy (non-hydrogen) atoms. The number of Topliss-reactive ketones (excluding diaryl/α,β-unsaturated/α-hetero) is 1. The van der Waals surface area contributed by atoms with E-state index in [-0.39, 0.29) is 17.9 Å². The predicted molar refractivity (Wildman–Crippen MR) is 115 cm³/mol. The fourth-order valence-electron chi connectivity index (χ4n) is 4.70. The van der Waals surface area contributed by atoms with E-state index in [1.807, 2.05) is 49.6 Å². The number of carbonyl (C=O) groups excluding carboxylic acids is 2. The SMILES string of the molecule is CC(C)(C(=O)O[C@H]1C[N+]2(CC(=O)c3sccc3Cl)CCC1CC2)c1ccccc1. The molecule has 0 radical (unpaired) electrons. The number of hydrogen-bond donors (Lipinski definition) is 0. The van der Waals surface area contributed by atoms with E-state index in [2.05, 4.69) is 0 Å². The standard InChI is InChI=1S/C23H27ClNO3S/c1-23(2,17-6-4-3-5-7-17)22(27)28-20-15-25(11-8-16(20)9-12-25)14-19(26)21-18(24)10-13-29-21/h3-7,10,13,16,20H,8-9,11-12,14-15H2,1-2H3/q+1/t16?,20-,25?/m0/s1. The molecule has 1 aromatic heterocycles. The van der Waals surface area contributed by atoms with Crippen molar-refractivity contribution in [2.45, 2.75) is 38.2 Å². The number of fused-ring (bicyclic) bond motifs is 3. The summed E-state index contributed by atoms with van der Waals surface area (Å²) in [7, 11) is 0. The molecule has 3 aliphatic rings. The van der Waals surface area contributed by atoms with E-state index in [1.165, 1.54) is 11.3 Å². The van der Waals surface area contributed by atoms with Gasteiger partial charge in [-0.2, -0.15) is 0 Å². The molecular weight excluding hydrogens is 406 g/mol. The van der Waals surface area contributed by atoms with Gasteiger partial charge in [0.05, 0.1) is 28.4 Å². The van der Waals surface area contributed by atoms with Gasteiger partial charge in [0.25, 0.3) is 0 Å². The number of hydrogen-bond acceptors (Lipinski definition) is 4. The van der Waals surface area contributed by atoms with Gasteiger partial charge in [0.2, 0.25) is 5.78 Å². The van der Waals surface area contributed by atoms with Crippen LogP contribution in [0.15, 0.2) is 41.8 Å². The number of carbonyl (C=O) groups is 2. The fourth-order valence-corrected chi connectivity index (χ4v) is 5.80. The Kier molecular flexibility index (Phi) is 5.58. The van der Waals surface area contributed by atoms with Crippen molar-refractivity contribution in [1.82, 2.24) is 0 Å². The van der Waals surface area contributed by atoms with Crippen LogP contribution in [0.2, 0.25) is 5.02 Å². The predicted octanol–water partition coefficient (Wildman–Crippen LogP) is 4.71. The summed E-state index contributed by atoms with van der Waals surface area (Å²) in [6.45, 7) is 6.92. The topological polar surface area (TPSA) is 43.4 Å². The lowest BCUT2D eigenvalue weighted by molar-refractivity contribution is -0.938. The quantitative estimate of drug-likeness (QED) is 0.377. The zero-order chi connectivity index (χ0) is 20.6. The maximum Gasteiger partial charge on any atom is 0.316 e. The third-order valence-corrected chi connectivity index (χ3v) is 8.04. The van der Waals surface area contributed by atoms with Crippen LogP contribution in [-0.4, -0.2) is 48.5 Å². The number of benzene rings is 1. The highest BCUT2D eigenvalue weighted by atomic mass is 35.5. The van der Waals surface area contributed by atoms with Crippen LogP contribution in [0.5, 0.6) is 0 Å². The van der Waals surface area contributed by atoms with Crippen LogP contribution in [-0.2, 0) is 14.9 Å². The van der Waals surface area contributed by atoms with Gasteiger partial charge in [-0.05, 0) is 30.9 Å². The molecule has 0 aliphatic carbocycles. The third kappa shape index (κ3) is 4.00. The van der Waals surface area contributed by atoms with Gasteiger partial charge in [-0.3, -0.25) is 9.59 Å². The lowest BCUT2D eigenvalue weighted by atomic mass is 9.81. The Morgan fingerprint density at radius 3 is 2.48 bits per heavy atom. The highest BCUT2D eigenvalue weighted by molar-refractivity contribution is 7.12. The van der Waals surface area contributed by atoms with Crippen molar-refractivity contribution in [2.75, 3.05) is 26.2 Å². The van der Waals surface area contributed by atoms with Gasteiger partial charge in [-0.25, -0.2) is 0 Å². The summed E-state index contributed by atoms with van der Waals surface area (Å²) >= 11 is 7.57. The van der Waals surface area contributed by atoms with E-state index >= 15 is 0 Å². The molecule has 0 amide bonds. The molecule has 154 valence electrons. The molecule has 3 aliphatic heterocycles. The number of ether oxygens (including phenoxy) is 1. The van der Waals surface area contributed by atoms with E-state index in [4.69, 9.17) is 16.3 Å². The van der Waals surface area contributed by atoms with E-state index in [0.717, 1.165) is 38.0 Å². The van der Waals surface area contributed by atoms with Crippen LogP contribution in [0.3, 0.4) is 0 Å². The summed E-state index contributed by atoms with van der Waals surface area (Å²) in [6, 6.07) is 11.5. The molecule has 0 unspecified atom stereocenters. The summed E-state index contributed by atoms with van der Waals surface area (Å²) in [4.78, 5) is 26.6. The molecular formula is C23H27ClNO3S+. The monoisotopic (exact) mass is 432 g/mol. The van der Waals surface area contributed by atoms with Crippen molar-refractivity contribution in [2.24, 2.45) is 5.92 Å². The van der Waals surface area contributed by atoms with Crippen molar-refractivity contribution >= 4 is 34.7 Å². The first-order valence-corrected chi connectivity index (χ1v) is 11.4. The van der Waals surface area contributed by atoms with Crippen LogP contribution >= 0.6 is 22.9 Å². The maximum atomic E-state index is 13.1. The zero-order valence-electron chi connectivity index (χ0n) is 16.9. The maximum absolute atomic E-state index is 13.1. The number of thiophene rings is 1. The average Bonchev–Trinajstić information content (AvgIpc) is 3.15. The van der Waals surface area contributed by atoms with Crippen LogP contribution in [0.25, 0.3) is 0 Å². The van der Waals surface area contributed by atoms with Crippen molar-refractivity contribution < 1.29 is 18.8 Å². The molecule has 3 fully saturated rings. The van der Waals surface area contributed by atoms with Crippen LogP contribution in [0.4, 0.5) is 0 Å². The largest absolute Gasteiger partial charge is 0.455 e. The molecule has 4 nitrogen and oxygen atoms in total. The highest BCUT2D eigenvalue weighted by Crippen LogP contribution is 2.38. The Labute approximate surface area is 181 Å². The van der Waals surface area contributed by atoms with Gasteiger partial charge in [0, 0.05) is 18.8 Å². The van der Waals surface area contributed by atoms with E-state index in [1.54, 1.807) is 6.07 Å². The summed E-state index contributed by atoms with van der Waals surface area (Å²) in [5.41, 5.74) is 0.260. The third-order valence-electron chi connectivity index (χ3n) is 6.66. The highest BCUT2D eigenvalue weighted by Gasteiger charge is 2.49. The van der Waals surface area contributed by atoms with Gasteiger partial charge in [-0.1, -0.05) is 41.9 Å². The van der Waals surface area contributed by atoms with Crippen molar-refractivity contribution in [3.8, 4) is 0 Å². The van der Waals surface area contributed by atoms with Crippen molar-refractivity contribution in [3.63, 3.8) is 0 Å². The minimum Gasteiger partial charge on any atom is -0.455 e. The first-order valence-electron chi connectivity index (χ1n) is 10.2. The molecule has 1 atom stereocenters. The minimum absolute atomic E-state index is 0.0973. The van der Waals surface area contributed by atoms with Gasteiger partial charge < -0.3 is 9.22 Å². The Balaban J connectivity index is 1.46. The summed E-state index contributed by atoms with van der Waals surface area (Å²) in [5.74, 6) is 0.305. The Bertz CT molecular complexity index is 900. The average molecular weight is 433 g/mol. The Morgan fingerprint density at radius 2 is 1.86 bits per heavy atom.